The molecule has 4 nitrogen and oxygen atoms in total. The van der Waals surface area contributed by atoms with Gasteiger partial charge < -0.3 is 10.3 Å². The van der Waals surface area contributed by atoms with E-state index in [-0.39, 0.29) is 17.8 Å². The highest BCUT2D eigenvalue weighted by molar-refractivity contribution is 6.30. The Balaban J connectivity index is 1.17. The first-order valence-corrected chi connectivity index (χ1v) is 12.0. The standard InChI is InChI=1S/C26H29ClFN3O/c27-20-6-4-17(5-7-20)14-18-10-12-31(13-11-18)25-3-1-2-23(25)30-26(32)24-16-19-15-21(28)8-9-22(19)29-24/h4-9,15-16,18,23,25,29H,1-3,10-14H2,(H,30,32)/t23-,25-/m1/s1. The van der Waals surface area contributed by atoms with Crippen molar-refractivity contribution >= 4 is 28.4 Å². The van der Waals surface area contributed by atoms with Crippen LogP contribution in [0.15, 0.2) is 48.5 Å². The highest BCUT2D eigenvalue weighted by atomic mass is 35.5. The fourth-order valence-corrected chi connectivity index (χ4v) is 5.59. The Labute approximate surface area is 193 Å². The average molecular weight is 454 g/mol. The maximum atomic E-state index is 13.5. The van der Waals surface area contributed by atoms with E-state index in [4.69, 9.17) is 11.6 Å². The van der Waals surface area contributed by atoms with Crippen LogP contribution in [-0.4, -0.2) is 41.0 Å². The number of aromatic amines is 1. The van der Waals surface area contributed by atoms with E-state index in [2.05, 4.69) is 27.3 Å². The minimum Gasteiger partial charge on any atom is -0.351 e. The zero-order valence-electron chi connectivity index (χ0n) is 18.1. The topological polar surface area (TPSA) is 48.1 Å². The van der Waals surface area contributed by atoms with Crippen molar-refractivity contribution in [2.45, 2.75) is 50.6 Å². The third kappa shape index (κ3) is 4.69. The van der Waals surface area contributed by atoms with Gasteiger partial charge in [-0.3, -0.25) is 9.69 Å². The summed E-state index contributed by atoms with van der Waals surface area (Å²) < 4.78 is 13.5. The third-order valence-electron chi connectivity index (χ3n) is 7.18. The number of piperidine rings is 1. The fraction of sp³-hybridized carbons (Fsp3) is 0.423. The number of nitrogens with zero attached hydrogens (tertiary/aromatic N) is 1. The Hall–Kier alpha value is -2.37. The average Bonchev–Trinajstić information content (AvgIpc) is 3.42. The molecule has 168 valence electrons. The number of rotatable bonds is 5. The van der Waals surface area contributed by atoms with Gasteiger partial charge in [0.2, 0.25) is 0 Å². The quantitative estimate of drug-likeness (QED) is 0.530. The maximum Gasteiger partial charge on any atom is 0.268 e. The van der Waals surface area contributed by atoms with E-state index in [9.17, 15) is 9.18 Å². The highest BCUT2D eigenvalue weighted by Gasteiger charge is 2.35. The van der Waals surface area contributed by atoms with Gasteiger partial charge in [0.25, 0.3) is 5.91 Å². The number of hydrogen-bond acceptors (Lipinski definition) is 2. The normalized spacial score (nSPS) is 22.4. The summed E-state index contributed by atoms with van der Waals surface area (Å²) in [6.45, 7) is 2.17. The molecular formula is C26H29ClFN3O. The molecule has 2 aromatic carbocycles. The van der Waals surface area contributed by atoms with Crippen molar-refractivity contribution < 1.29 is 9.18 Å². The number of aromatic nitrogens is 1. The Morgan fingerprint density at radius 2 is 1.84 bits per heavy atom. The number of likely N-dealkylation sites (tertiary alicyclic amines) is 1. The molecule has 2 N–H and O–H groups in total. The monoisotopic (exact) mass is 453 g/mol. The zero-order chi connectivity index (χ0) is 22.1. The molecule has 32 heavy (non-hydrogen) atoms. The molecule has 2 fully saturated rings. The minimum absolute atomic E-state index is 0.101. The van der Waals surface area contributed by atoms with Crippen molar-refractivity contribution in [2.75, 3.05) is 13.1 Å². The van der Waals surface area contributed by atoms with Crippen LogP contribution in [0.1, 0.15) is 48.2 Å². The number of amides is 1. The molecule has 1 amide bonds. The first-order chi connectivity index (χ1) is 15.5. The molecule has 5 rings (SSSR count). The predicted molar refractivity (Wildman–Crippen MR) is 127 cm³/mol. The van der Waals surface area contributed by atoms with Crippen molar-refractivity contribution in [2.24, 2.45) is 5.92 Å². The SMILES string of the molecule is O=C(N[C@@H]1CCC[C@H]1N1CCC(Cc2ccc(Cl)cc2)CC1)c1cc2cc(F)ccc2[nH]1. The number of nitrogens with one attached hydrogen (secondary N) is 2. The molecule has 1 saturated carbocycles. The van der Waals surface area contributed by atoms with Gasteiger partial charge in [0.15, 0.2) is 0 Å². The van der Waals surface area contributed by atoms with Crippen molar-refractivity contribution in [1.82, 2.24) is 15.2 Å². The minimum atomic E-state index is -0.293. The number of H-pyrrole nitrogens is 1. The summed E-state index contributed by atoms with van der Waals surface area (Å²) in [7, 11) is 0. The number of benzene rings is 2. The van der Waals surface area contributed by atoms with Crippen LogP contribution in [0.3, 0.4) is 0 Å². The van der Waals surface area contributed by atoms with Crippen molar-refractivity contribution in [3.8, 4) is 0 Å². The zero-order valence-corrected chi connectivity index (χ0v) is 18.9. The Morgan fingerprint density at radius 3 is 2.62 bits per heavy atom. The lowest BCUT2D eigenvalue weighted by atomic mass is 9.89. The summed E-state index contributed by atoms with van der Waals surface area (Å²) in [5.74, 6) is 0.309. The molecule has 2 aliphatic rings. The molecule has 2 atom stereocenters. The Kier molecular flexibility index (Phi) is 6.20. The van der Waals surface area contributed by atoms with Gasteiger partial charge in [-0.15, -0.1) is 0 Å². The smallest absolute Gasteiger partial charge is 0.268 e. The fourth-order valence-electron chi connectivity index (χ4n) is 5.46. The van der Waals surface area contributed by atoms with E-state index in [0.29, 0.717) is 17.7 Å². The van der Waals surface area contributed by atoms with E-state index >= 15 is 0 Å². The van der Waals surface area contributed by atoms with Gasteiger partial charge in [0.1, 0.15) is 11.5 Å². The molecule has 1 saturated heterocycles. The molecule has 0 unspecified atom stereocenters. The van der Waals surface area contributed by atoms with Crippen LogP contribution in [0.25, 0.3) is 10.9 Å². The van der Waals surface area contributed by atoms with E-state index < -0.39 is 0 Å². The van der Waals surface area contributed by atoms with Gasteiger partial charge in [-0.1, -0.05) is 23.7 Å². The summed E-state index contributed by atoms with van der Waals surface area (Å²) in [5, 5.41) is 4.77. The molecule has 0 spiro atoms. The summed E-state index contributed by atoms with van der Waals surface area (Å²) in [4.78, 5) is 18.6. The molecule has 6 heteroatoms. The van der Waals surface area contributed by atoms with E-state index in [1.807, 2.05) is 12.1 Å². The molecule has 0 bridgehead atoms. The predicted octanol–water partition coefficient (Wildman–Crippen LogP) is 5.57. The van der Waals surface area contributed by atoms with E-state index in [1.54, 1.807) is 12.1 Å². The van der Waals surface area contributed by atoms with Gasteiger partial charge in [0.05, 0.1) is 0 Å². The largest absolute Gasteiger partial charge is 0.351 e. The Morgan fingerprint density at radius 1 is 1.06 bits per heavy atom. The van der Waals surface area contributed by atoms with Gasteiger partial charge in [-0.2, -0.15) is 0 Å². The molecular weight excluding hydrogens is 425 g/mol. The number of halogens is 2. The van der Waals surface area contributed by atoms with Crippen LogP contribution in [-0.2, 0) is 6.42 Å². The molecule has 0 radical (unpaired) electrons. The summed E-state index contributed by atoms with van der Waals surface area (Å²) in [5.41, 5.74) is 2.64. The van der Waals surface area contributed by atoms with Crippen LogP contribution in [0.5, 0.6) is 0 Å². The van der Waals surface area contributed by atoms with Crippen LogP contribution >= 0.6 is 11.6 Å². The summed E-state index contributed by atoms with van der Waals surface area (Å²) in [6, 6.07) is 15.1. The first-order valence-electron chi connectivity index (χ1n) is 11.6. The lowest BCUT2D eigenvalue weighted by Gasteiger charge is -2.38. The summed E-state index contributed by atoms with van der Waals surface area (Å²) in [6.07, 6.45) is 6.76. The van der Waals surface area contributed by atoms with E-state index in [1.165, 1.54) is 30.5 Å². The molecule has 1 aliphatic carbocycles. The van der Waals surface area contributed by atoms with Crippen LogP contribution in [0.4, 0.5) is 4.39 Å². The second-order valence-corrected chi connectivity index (χ2v) is 9.74. The maximum absolute atomic E-state index is 13.5. The third-order valence-corrected chi connectivity index (χ3v) is 7.43. The van der Waals surface area contributed by atoms with Crippen LogP contribution < -0.4 is 5.32 Å². The van der Waals surface area contributed by atoms with Crippen molar-refractivity contribution in [3.05, 3.63) is 70.6 Å². The second-order valence-electron chi connectivity index (χ2n) is 9.30. The molecule has 1 aliphatic heterocycles. The van der Waals surface area contributed by atoms with Gasteiger partial charge >= 0.3 is 0 Å². The first kappa shape index (κ1) is 21.5. The van der Waals surface area contributed by atoms with Gasteiger partial charge in [0, 0.05) is 28.0 Å². The van der Waals surface area contributed by atoms with Crippen LogP contribution in [0.2, 0.25) is 5.02 Å². The molecule has 1 aromatic heterocycles. The number of hydrogen-bond donors (Lipinski definition) is 2. The summed E-state index contributed by atoms with van der Waals surface area (Å²) >= 11 is 6.01. The molecule has 2 heterocycles. The number of carbonyl (C=O) groups is 1. The van der Waals surface area contributed by atoms with Crippen LogP contribution in [0, 0.1) is 11.7 Å². The lowest BCUT2D eigenvalue weighted by molar-refractivity contribution is 0.0858. The lowest BCUT2D eigenvalue weighted by Crippen LogP contribution is -2.51. The van der Waals surface area contributed by atoms with Crippen molar-refractivity contribution in [3.63, 3.8) is 0 Å². The highest BCUT2D eigenvalue weighted by Crippen LogP contribution is 2.30. The van der Waals surface area contributed by atoms with Crippen molar-refractivity contribution in [1.29, 1.82) is 0 Å². The van der Waals surface area contributed by atoms with E-state index in [0.717, 1.165) is 54.7 Å². The van der Waals surface area contributed by atoms with Gasteiger partial charge in [-0.25, -0.2) is 4.39 Å². The molecule has 3 aromatic rings. The van der Waals surface area contributed by atoms with Gasteiger partial charge in [-0.05, 0) is 99.5 Å². The number of carbonyl (C=O) groups excluding carboxylic acids is 1. The Bertz CT molecular complexity index is 1090. The second kappa shape index (κ2) is 9.24. The number of fused-ring (bicyclic) bond motifs is 1.